The summed E-state index contributed by atoms with van der Waals surface area (Å²) in [6.07, 6.45) is 0.814. The normalized spacial score (nSPS) is 9.95. The Hall–Kier alpha value is -2.81. The highest BCUT2D eigenvalue weighted by Crippen LogP contribution is 2.28. The fraction of sp³-hybridized carbons (Fsp3) is 0.200. The first-order valence-corrected chi connectivity index (χ1v) is 6.41. The van der Waals surface area contributed by atoms with Gasteiger partial charge in [0.1, 0.15) is 23.2 Å². The zero-order chi connectivity index (χ0) is 15.2. The number of pyridine rings is 1. The quantitative estimate of drug-likeness (QED) is 0.912. The third kappa shape index (κ3) is 3.39. The molecule has 2 aromatic rings. The van der Waals surface area contributed by atoms with Gasteiger partial charge in [0.2, 0.25) is 11.8 Å². The molecular formula is C15H14FN3O2. The number of nitrogens with two attached hydrogens (primary N) is 1. The first-order valence-electron chi connectivity index (χ1n) is 6.41. The van der Waals surface area contributed by atoms with E-state index in [1.807, 2.05) is 6.92 Å². The zero-order valence-electron chi connectivity index (χ0n) is 11.5. The molecule has 6 heteroatoms. The molecule has 21 heavy (non-hydrogen) atoms. The molecule has 2 N–H and O–H groups in total. The van der Waals surface area contributed by atoms with E-state index in [0.29, 0.717) is 12.3 Å². The summed E-state index contributed by atoms with van der Waals surface area (Å²) in [4.78, 5) is 4.11. The lowest BCUT2D eigenvalue weighted by atomic mass is 10.2. The molecule has 1 aromatic heterocycles. The van der Waals surface area contributed by atoms with Gasteiger partial charge in [0, 0.05) is 6.07 Å². The molecule has 1 aromatic carbocycles. The van der Waals surface area contributed by atoms with Gasteiger partial charge in [0.05, 0.1) is 12.3 Å². The topological polar surface area (TPSA) is 81.2 Å². The Kier molecular flexibility index (Phi) is 4.57. The third-order valence-corrected chi connectivity index (χ3v) is 2.61. The number of hydrogen-bond donors (Lipinski definition) is 1. The summed E-state index contributed by atoms with van der Waals surface area (Å²) in [6, 6.07) is 9.01. The van der Waals surface area contributed by atoms with Crippen LogP contribution in [-0.4, -0.2) is 11.6 Å². The minimum Gasteiger partial charge on any atom is -0.476 e. The van der Waals surface area contributed by atoms with Gasteiger partial charge < -0.3 is 15.2 Å². The van der Waals surface area contributed by atoms with Crippen LogP contribution in [0.3, 0.4) is 0 Å². The fourth-order valence-electron chi connectivity index (χ4n) is 1.62. The molecule has 0 fully saturated rings. The highest BCUT2D eigenvalue weighted by atomic mass is 19.1. The molecule has 0 saturated carbocycles. The van der Waals surface area contributed by atoms with Crippen LogP contribution in [-0.2, 0) is 0 Å². The van der Waals surface area contributed by atoms with Crippen molar-refractivity contribution in [3.05, 3.63) is 41.7 Å². The van der Waals surface area contributed by atoms with Crippen molar-refractivity contribution < 1.29 is 13.9 Å². The largest absolute Gasteiger partial charge is 0.476 e. The predicted octanol–water partition coefficient (Wildman–Crippen LogP) is 3.26. The SMILES string of the molecule is CCCOc1nc(Oc2cccc(F)c2C#N)ccc1N. The van der Waals surface area contributed by atoms with Gasteiger partial charge >= 0.3 is 0 Å². The Morgan fingerprint density at radius 2 is 2.14 bits per heavy atom. The van der Waals surface area contributed by atoms with Gasteiger partial charge in [-0.05, 0) is 24.6 Å². The molecule has 0 spiro atoms. The van der Waals surface area contributed by atoms with Gasteiger partial charge in [-0.1, -0.05) is 13.0 Å². The average Bonchev–Trinajstić information content (AvgIpc) is 2.48. The van der Waals surface area contributed by atoms with E-state index in [1.165, 1.54) is 24.3 Å². The van der Waals surface area contributed by atoms with Crippen LogP contribution in [0, 0.1) is 17.1 Å². The van der Waals surface area contributed by atoms with Crippen LogP contribution in [0.4, 0.5) is 10.1 Å². The van der Waals surface area contributed by atoms with Gasteiger partial charge in [-0.15, -0.1) is 0 Å². The molecule has 0 radical (unpaired) electrons. The van der Waals surface area contributed by atoms with Crippen LogP contribution in [0.5, 0.6) is 17.5 Å². The van der Waals surface area contributed by atoms with E-state index >= 15 is 0 Å². The molecule has 0 bridgehead atoms. The van der Waals surface area contributed by atoms with Gasteiger partial charge in [0.25, 0.3) is 0 Å². The van der Waals surface area contributed by atoms with Crippen LogP contribution in [0.2, 0.25) is 0 Å². The van der Waals surface area contributed by atoms with Crippen molar-refractivity contribution in [2.75, 3.05) is 12.3 Å². The van der Waals surface area contributed by atoms with Crippen molar-refractivity contribution >= 4 is 5.69 Å². The van der Waals surface area contributed by atoms with Crippen LogP contribution < -0.4 is 15.2 Å². The predicted molar refractivity (Wildman–Crippen MR) is 75.6 cm³/mol. The number of ether oxygens (including phenoxy) is 2. The lowest BCUT2D eigenvalue weighted by molar-refractivity contribution is 0.302. The molecular weight excluding hydrogens is 273 g/mol. The van der Waals surface area contributed by atoms with E-state index in [4.69, 9.17) is 20.5 Å². The molecule has 0 unspecified atom stereocenters. The zero-order valence-corrected chi connectivity index (χ0v) is 11.5. The molecule has 1 heterocycles. The summed E-state index contributed by atoms with van der Waals surface area (Å²) in [5.41, 5.74) is 5.96. The van der Waals surface area contributed by atoms with E-state index in [1.54, 1.807) is 12.1 Å². The van der Waals surface area contributed by atoms with Crippen molar-refractivity contribution in [1.82, 2.24) is 4.98 Å². The lowest BCUT2D eigenvalue weighted by Gasteiger charge is -2.10. The summed E-state index contributed by atoms with van der Waals surface area (Å²) in [6.45, 7) is 2.44. The number of aromatic nitrogens is 1. The van der Waals surface area contributed by atoms with Crippen molar-refractivity contribution in [2.45, 2.75) is 13.3 Å². The van der Waals surface area contributed by atoms with E-state index in [9.17, 15) is 4.39 Å². The van der Waals surface area contributed by atoms with E-state index in [2.05, 4.69) is 4.98 Å². The smallest absolute Gasteiger partial charge is 0.240 e. The molecule has 0 aliphatic rings. The Morgan fingerprint density at radius 3 is 2.86 bits per heavy atom. The summed E-state index contributed by atoms with van der Waals surface area (Å²) in [5, 5.41) is 8.96. The Balaban J connectivity index is 2.28. The molecule has 0 aliphatic heterocycles. The van der Waals surface area contributed by atoms with Crippen molar-refractivity contribution in [3.63, 3.8) is 0 Å². The minimum absolute atomic E-state index is 0.0937. The molecule has 108 valence electrons. The highest BCUT2D eigenvalue weighted by molar-refractivity contribution is 5.51. The lowest BCUT2D eigenvalue weighted by Crippen LogP contribution is -2.02. The van der Waals surface area contributed by atoms with Crippen molar-refractivity contribution in [2.24, 2.45) is 0 Å². The number of nitrogens with zero attached hydrogens (tertiary/aromatic N) is 2. The number of nitriles is 1. The highest BCUT2D eigenvalue weighted by Gasteiger charge is 2.12. The van der Waals surface area contributed by atoms with E-state index < -0.39 is 5.82 Å². The van der Waals surface area contributed by atoms with Crippen molar-refractivity contribution in [1.29, 1.82) is 5.26 Å². The second kappa shape index (κ2) is 6.57. The minimum atomic E-state index is -0.645. The molecule has 5 nitrogen and oxygen atoms in total. The monoisotopic (exact) mass is 287 g/mol. The number of nitrogen functional groups attached to an aromatic ring is 1. The maximum atomic E-state index is 13.5. The number of anilines is 1. The first kappa shape index (κ1) is 14.6. The summed E-state index contributed by atoms with van der Waals surface area (Å²) in [5.74, 6) is -0.120. The molecule has 2 rings (SSSR count). The standard InChI is InChI=1S/C15H14FN3O2/c1-2-8-20-15-12(18)6-7-14(19-15)21-13-5-3-4-11(16)10(13)9-17/h3-7H,2,8,18H2,1H3. The Labute approximate surface area is 121 Å². The molecule has 0 amide bonds. The van der Waals surface area contributed by atoms with Gasteiger partial charge in [-0.2, -0.15) is 10.2 Å². The van der Waals surface area contributed by atoms with Gasteiger partial charge in [0.15, 0.2) is 0 Å². The van der Waals surface area contributed by atoms with Crippen LogP contribution in [0.15, 0.2) is 30.3 Å². The number of benzene rings is 1. The third-order valence-electron chi connectivity index (χ3n) is 2.61. The summed E-state index contributed by atoms with van der Waals surface area (Å²) >= 11 is 0. The number of rotatable bonds is 5. The van der Waals surface area contributed by atoms with Crippen LogP contribution in [0.25, 0.3) is 0 Å². The number of hydrogen-bond acceptors (Lipinski definition) is 5. The van der Waals surface area contributed by atoms with Crippen LogP contribution in [0.1, 0.15) is 18.9 Å². The van der Waals surface area contributed by atoms with Crippen molar-refractivity contribution in [3.8, 4) is 23.6 Å². The Morgan fingerprint density at radius 1 is 1.33 bits per heavy atom. The summed E-state index contributed by atoms with van der Waals surface area (Å²) < 4.78 is 24.3. The van der Waals surface area contributed by atoms with E-state index in [-0.39, 0.29) is 23.1 Å². The second-order valence-electron chi connectivity index (χ2n) is 4.22. The maximum absolute atomic E-state index is 13.5. The van der Waals surface area contributed by atoms with Gasteiger partial charge in [-0.25, -0.2) is 4.39 Å². The van der Waals surface area contributed by atoms with E-state index in [0.717, 1.165) is 6.42 Å². The molecule has 0 saturated heterocycles. The maximum Gasteiger partial charge on any atom is 0.240 e. The average molecular weight is 287 g/mol. The number of halogens is 1. The van der Waals surface area contributed by atoms with Gasteiger partial charge in [-0.3, -0.25) is 0 Å². The summed E-state index contributed by atoms with van der Waals surface area (Å²) in [7, 11) is 0. The molecule has 0 aliphatic carbocycles. The first-order chi connectivity index (χ1) is 10.2. The Bertz CT molecular complexity index is 683. The second-order valence-corrected chi connectivity index (χ2v) is 4.22. The molecule has 0 atom stereocenters. The fourth-order valence-corrected chi connectivity index (χ4v) is 1.62. The van der Waals surface area contributed by atoms with Crippen LogP contribution >= 0.6 is 0 Å².